The summed E-state index contributed by atoms with van der Waals surface area (Å²) in [7, 11) is 0. The van der Waals surface area contributed by atoms with Gasteiger partial charge in [0.15, 0.2) is 0 Å². The van der Waals surface area contributed by atoms with Crippen LogP contribution in [0.25, 0.3) is 0 Å². The molecule has 4 rings (SSSR count). The van der Waals surface area contributed by atoms with Crippen molar-refractivity contribution in [1.82, 2.24) is 15.2 Å². The van der Waals surface area contributed by atoms with Crippen LogP contribution in [0.1, 0.15) is 37.1 Å². The van der Waals surface area contributed by atoms with Crippen LogP contribution in [0.15, 0.2) is 11.6 Å². The summed E-state index contributed by atoms with van der Waals surface area (Å²) in [6, 6.07) is 0.401. The van der Waals surface area contributed by atoms with Gasteiger partial charge in [0.2, 0.25) is 5.91 Å². The molecule has 126 valence electrons. The molecule has 0 radical (unpaired) electrons. The summed E-state index contributed by atoms with van der Waals surface area (Å²) < 4.78 is 5.92. The number of aromatic nitrogens is 1. The number of ether oxygens (including phenoxy) is 1. The first-order valence-corrected chi connectivity index (χ1v) is 9.70. The van der Waals surface area contributed by atoms with Gasteiger partial charge >= 0.3 is 0 Å². The molecule has 3 fully saturated rings. The zero-order valence-corrected chi connectivity index (χ0v) is 14.3. The Kier molecular flexibility index (Phi) is 4.64. The molecule has 3 aliphatic rings. The molecule has 3 atom stereocenters. The van der Waals surface area contributed by atoms with Crippen molar-refractivity contribution in [3.63, 3.8) is 0 Å². The maximum atomic E-state index is 12.8. The molecular formula is C17H25N3O2S. The summed E-state index contributed by atoms with van der Waals surface area (Å²) in [6.07, 6.45) is 7.88. The lowest BCUT2D eigenvalue weighted by Crippen LogP contribution is -2.53. The minimum atomic E-state index is 0.0665. The van der Waals surface area contributed by atoms with E-state index in [2.05, 4.69) is 15.2 Å². The number of rotatable bonds is 4. The van der Waals surface area contributed by atoms with Crippen molar-refractivity contribution in [3.05, 3.63) is 16.6 Å². The van der Waals surface area contributed by atoms with Gasteiger partial charge in [-0.25, -0.2) is 4.98 Å². The largest absolute Gasteiger partial charge is 0.377 e. The molecule has 5 nitrogen and oxygen atoms in total. The second kappa shape index (κ2) is 6.87. The third-order valence-electron chi connectivity index (χ3n) is 5.55. The molecule has 1 saturated carbocycles. The van der Waals surface area contributed by atoms with E-state index in [1.807, 2.05) is 11.6 Å². The number of hydrogen-bond acceptors (Lipinski definition) is 5. The third-order valence-corrected chi connectivity index (χ3v) is 6.32. The second-order valence-electron chi connectivity index (χ2n) is 7.08. The lowest BCUT2D eigenvalue weighted by atomic mass is 9.82. The predicted molar refractivity (Wildman–Crippen MR) is 89.1 cm³/mol. The van der Waals surface area contributed by atoms with E-state index in [0.717, 1.165) is 50.5 Å². The standard InChI is InChI=1S/C17H25N3O2S/c21-17(19-12-3-1-2-4-12)14-9-20(11-16-18-6-8-23-16)10-15-13(14)5-7-22-15/h6,8,12-15H,1-5,7,9-11H2,(H,19,21)/t13-,14-,15+/m1/s1. The first-order valence-electron chi connectivity index (χ1n) is 8.82. The fourth-order valence-corrected chi connectivity index (χ4v) is 5.02. The number of nitrogens with one attached hydrogen (secondary N) is 1. The Bertz CT molecular complexity index is 530. The highest BCUT2D eigenvalue weighted by Gasteiger charge is 2.44. The molecule has 0 aromatic carbocycles. The SMILES string of the molecule is O=C(NC1CCCC1)[C@@H]1CN(Cc2nccs2)C[C@@H]2OCC[C@@H]21. The molecule has 6 heteroatoms. The average molecular weight is 335 g/mol. The first-order chi connectivity index (χ1) is 11.3. The van der Waals surface area contributed by atoms with E-state index in [9.17, 15) is 4.79 Å². The maximum absolute atomic E-state index is 12.8. The van der Waals surface area contributed by atoms with Crippen LogP contribution >= 0.6 is 11.3 Å². The number of thiazole rings is 1. The molecule has 0 unspecified atom stereocenters. The van der Waals surface area contributed by atoms with E-state index in [4.69, 9.17) is 4.74 Å². The minimum Gasteiger partial charge on any atom is -0.377 e. The summed E-state index contributed by atoms with van der Waals surface area (Å²) in [5.74, 6) is 0.710. The minimum absolute atomic E-state index is 0.0665. The van der Waals surface area contributed by atoms with Crippen molar-refractivity contribution in [3.8, 4) is 0 Å². The van der Waals surface area contributed by atoms with Crippen LogP contribution in [0.5, 0.6) is 0 Å². The quantitative estimate of drug-likeness (QED) is 0.915. The van der Waals surface area contributed by atoms with Gasteiger partial charge < -0.3 is 10.1 Å². The van der Waals surface area contributed by atoms with E-state index in [1.54, 1.807) is 11.3 Å². The molecular weight excluding hydrogens is 310 g/mol. The Labute approximate surface area is 141 Å². The number of carbonyl (C=O) groups is 1. The maximum Gasteiger partial charge on any atom is 0.225 e. The fourth-order valence-electron chi connectivity index (χ4n) is 4.36. The molecule has 2 aliphatic heterocycles. The Morgan fingerprint density at radius 3 is 3.00 bits per heavy atom. The number of fused-ring (bicyclic) bond motifs is 1. The molecule has 1 aromatic rings. The number of nitrogens with zero attached hydrogens (tertiary/aromatic N) is 2. The van der Waals surface area contributed by atoms with Gasteiger partial charge in [0.25, 0.3) is 0 Å². The molecule has 1 aromatic heterocycles. The number of hydrogen-bond donors (Lipinski definition) is 1. The highest BCUT2D eigenvalue weighted by molar-refractivity contribution is 7.09. The summed E-state index contributed by atoms with van der Waals surface area (Å²) >= 11 is 1.68. The molecule has 2 saturated heterocycles. The molecule has 0 spiro atoms. The Hall–Kier alpha value is -0.980. The van der Waals surface area contributed by atoms with Crippen LogP contribution < -0.4 is 5.32 Å². The van der Waals surface area contributed by atoms with Crippen molar-refractivity contribution in [2.24, 2.45) is 11.8 Å². The summed E-state index contributed by atoms with van der Waals surface area (Å²) in [5.41, 5.74) is 0. The highest BCUT2D eigenvalue weighted by Crippen LogP contribution is 2.35. The zero-order chi connectivity index (χ0) is 15.6. The van der Waals surface area contributed by atoms with Crippen molar-refractivity contribution >= 4 is 17.2 Å². The van der Waals surface area contributed by atoms with Crippen LogP contribution in [0, 0.1) is 11.8 Å². The van der Waals surface area contributed by atoms with Gasteiger partial charge in [0.05, 0.1) is 18.6 Å². The van der Waals surface area contributed by atoms with E-state index < -0.39 is 0 Å². The van der Waals surface area contributed by atoms with Crippen LogP contribution in [0.3, 0.4) is 0 Å². The number of piperidine rings is 1. The third kappa shape index (κ3) is 3.44. The molecule has 23 heavy (non-hydrogen) atoms. The average Bonchev–Trinajstić information content (AvgIpc) is 3.28. The molecule has 1 N–H and O–H groups in total. The van der Waals surface area contributed by atoms with E-state index in [0.29, 0.717) is 12.0 Å². The Morgan fingerprint density at radius 2 is 2.22 bits per heavy atom. The summed E-state index contributed by atoms with van der Waals surface area (Å²) in [6.45, 7) is 3.39. The monoisotopic (exact) mass is 335 g/mol. The van der Waals surface area contributed by atoms with Gasteiger partial charge in [0, 0.05) is 43.2 Å². The number of amides is 1. The van der Waals surface area contributed by atoms with Gasteiger partial charge in [0.1, 0.15) is 5.01 Å². The van der Waals surface area contributed by atoms with Crippen LogP contribution in [0.4, 0.5) is 0 Å². The van der Waals surface area contributed by atoms with Gasteiger partial charge in [-0.3, -0.25) is 9.69 Å². The van der Waals surface area contributed by atoms with Gasteiger partial charge in [-0.15, -0.1) is 11.3 Å². The van der Waals surface area contributed by atoms with Crippen LogP contribution in [-0.2, 0) is 16.1 Å². The molecule has 1 aliphatic carbocycles. The lowest BCUT2D eigenvalue weighted by Gasteiger charge is -2.39. The Morgan fingerprint density at radius 1 is 1.35 bits per heavy atom. The van der Waals surface area contributed by atoms with E-state index in [-0.39, 0.29) is 17.9 Å². The lowest BCUT2D eigenvalue weighted by molar-refractivity contribution is -0.132. The van der Waals surface area contributed by atoms with Gasteiger partial charge in [-0.1, -0.05) is 12.8 Å². The first kappa shape index (κ1) is 15.5. The molecule has 3 heterocycles. The topological polar surface area (TPSA) is 54.5 Å². The molecule has 0 bridgehead atoms. The molecule has 1 amide bonds. The van der Waals surface area contributed by atoms with Crippen LogP contribution in [0.2, 0.25) is 0 Å². The zero-order valence-electron chi connectivity index (χ0n) is 13.4. The smallest absolute Gasteiger partial charge is 0.225 e. The fraction of sp³-hybridized carbons (Fsp3) is 0.765. The van der Waals surface area contributed by atoms with Crippen molar-refractivity contribution < 1.29 is 9.53 Å². The number of carbonyl (C=O) groups excluding carboxylic acids is 1. The highest BCUT2D eigenvalue weighted by atomic mass is 32.1. The van der Waals surface area contributed by atoms with E-state index >= 15 is 0 Å². The van der Waals surface area contributed by atoms with Crippen molar-refractivity contribution in [2.45, 2.75) is 50.8 Å². The summed E-state index contributed by atoms with van der Waals surface area (Å²) in [4.78, 5) is 19.6. The summed E-state index contributed by atoms with van der Waals surface area (Å²) in [5, 5.41) is 6.44. The van der Waals surface area contributed by atoms with Crippen LogP contribution in [-0.4, -0.2) is 47.6 Å². The normalized spacial score (nSPS) is 32.1. The predicted octanol–water partition coefficient (Wildman–Crippen LogP) is 2.04. The van der Waals surface area contributed by atoms with Crippen molar-refractivity contribution in [1.29, 1.82) is 0 Å². The van der Waals surface area contributed by atoms with Crippen molar-refractivity contribution in [2.75, 3.05) is 19.7 Å². The number of likely N-dealkylation sites (tertiary alicyclic amines) is 1. The Balaban J connectivity index is 1.43. The van der Waals surface area contributed by atoms with E-state index in [1.165, 1.54) is 12.8 Å². The van der Waals surface area contributed by atoms with Gasteiger partial charge in [-0.05, 0) is 19.3 Å². The van der Waals surface area contributed by atoms with Gasteiger partial charge in [-0.2, -0.15) is 0 Å². The second-order valence-corrected chi connectivity index (χ2v) is 8.06.